The van der Waals surface area contributed by atoms with E-state index in [4.69, 9.17) is 9.57 Å². The lowest BCUT2D eigenvalue weighted by Crippen LogP contribution is -2.43. The molecule has 5 nitrogen and oxygen atoms in total. The van der Waals surface area contributed by atoms with E-state index in [0.717, 1.165) is 6.42 Å². The third-order valence-electron chi connectivity index (χ3n) is 3.36. The summed E-state index contributed by atoms with van der Waals surface area (Å²) in [6.07, 6.45) is 8.34. The van der Waals surface area contributed by atoms with Crippen molar-refractivity contribution in [2.75, 3.05) is 20.3 Å². The molecule has 0 amide bonds. The lowest BCUT2D eigenvalue weighted by Gasteiger charge is -2.11. The topological polar surface area (TPSA) is 48.6 Å². The van der Waals surface area contributed by atoms with Gasteiger partial charge in [0.25, 0.3) is 0 Å². The number of rotatable bonds is 10. The number of carbonyl (C=O) groups excluding carboxylic acids is 1. The molecule has 0 radical (unpaired) electrons. The van der Waals surface area contributed by atoms with E-state index in [1.165, 1.54) is 26.4 Å². The second-order valence-corrected chi connectivity index (χ2v) is 4.97. The number of hydrogen-bond acceptors (Lipinski definition) is 4. The normalized spacial score (nSPS) is 11.8. The van der Waals surface area contributed by atoms with Crippen LogP contribution in [0.5, 0.6) is 5.75 Å². The smallest absolute Gasteiger partial charge is 0.343 e. The number of aromatic nitrogens is 1. The van der Waals surface area contributed by atoms with Crippen molar-refractivity contribution in [3.8, 4) is 5.75 Å². The lowest BCUT2D eigenvalue weighted by molar-refractivity contribution is -0.892. The Kier molecular flexibility index (Phi) is 8.24. The summed E-state index contributed by atoms with van der Waals surface area (Å²) in [7, 11) is 1.33. The van der Waals surface area contributed by atoms with Crippen molar-refractivity contribution >= 4 is 5.97 Å². The molecule has 5 heteroatoms. The molecule has 0 aliphatic heterocycles. The van der Waals surface area contributed by atoms with Crippen LogP contribution < -0.4 is 14.3 Å². The van der Waals surface area contributed by atoms with Crippen molar-refractivity contribution in [1.82, 2.24) is 0 Å². The zero-order valence-electron chi connectivity index (χ0n) is 13.2. The van der Waals surface area contributed by atoms with E-state index < -0.39 is 5.97 Å². The second kappa shape index (κ2) is 10.0. The summed E-state index contributed by atoms with van der Waals surface area (Å²) < 4.78 is 11.4. The largest absolute Gasteiger partial charge is 0.481 e. The van der Waals surface area contributed by atoms with Gasteiger partial charge in [-0.25, -0.2) is 4.79 Å². The standard InChI is InChI=1S/C16H26NO4/c1-4-6-7-14(5-2)12-21-17-10-8-15(9-11-17)20-13-16(18)19-3/h8-11,14H,4-7,12-13H2,1-3H3/q+1. The Labute approximate surface area is 126 Å². The number of esters is 1. The van der Waals surface area contributed by atoms with Crippen molar-refractivity contribution in [2.24, 2.45) is 5.92 Å². The summed E-state index contributed by atoms with van der Waals surface area (Å²) in [5, 5.41) is 0. The van der Waals surface area contributed by atoms with Gasteiger partial charge in [0.05, 0.1) is 7.11 Å². The Balaban J connectivity index is 2.37. The van der Waals surface area contributed by atoms with Gasteiger partial charge in [-0.3, -0.25) is 4.84 Å². The summed E-state index contributed by atoms with van der Waals surface area (Å²) in [4.78, 5) is 16.7. The molecule has 0 aliphatic carbocycles. The Bertz CT molecular complexity index is 405. The molecule has 118 valence electrons. The summed E-state index contributed by atoms with van der Waals surface area (Å²) in [5.41, 5.74) is 0. The zero-order chi connectivity index (χ0) is 15.5. The van der Waals surface area contributed by atoms with Crippen molar-refractivity contribution in [3.63, 3.8) is 0 Å². The molecular formula is C16H26NO4+. The van der Waals surface area contributed by atoms with Gasteiger partial charge in [0.1, 0.15) is 5.75 Å². The first-order valence-electron chi connectivity index (χ1n) is 7.53. The van der Waals surface area contributed by atoms with Crippen LogP contribution in [0.1, 0.15) is 39.5 Å². The molecule has 0 N–H and O–H groups in total. The van der Waals surface area contributed by atoms with Crippen LogP contribution >= 0.6 is 0 Å². The van der Waals surface area contributed by atoms with Crippen LogP contribution in [-0.4, -0.2) is 26.3 Å². The summed E-state index contributed by atoms with van der Waals surface area (Å²) in [6.45, 7) is 5.02. The number of methoxy groups -OCH3 is 1. The van der Waals surface area contributed by atoms with Crippen LogP contribution in [0.15, 0.2) is 24.5 Å². The van der Waals surface area contributed by atoms with Crippen molar-refractivity contribution in [2.45, 2.75) is 39.5 Å². The minimum absolute atomic E-state index is 0.0870. The van der Waals surface area contributed by atoms with Gasteiger partial charge in [-0.15, -0.1) is 0 Å². The minimum Gasteiger partial charge on any atom is -0.481 e. The minimum atomic E-state index is -0.398. The average molecular weight is 296 g/mol. The average Bonchev–Trinajstić information content (AvgIpc) is 2.53. The highest BCUT2D eigenvalue weighted by Crippen LogP contribution is 2.11. The van der Waals surface area contributed by atoms with Crippen LogP contribution in [0.3, 0.4) is 0 Å². The summed E-state index contributed by atoms with van der Waals surface area (Å²) >= 11 is 0. The third kappa shape index (κ3) is 6.97. The molecule has 1 atom stereocenters. The fourth-order valence-electron chi connectivity index (χ4n) is 1.87. The molecule has 0 fully saturated rings. The summed E-state index contributed by atoms with van der Waals surface area (Å²) in [6, 6.07) is 3.52. The molecule has 1 heterocycles. The predicted molar refractivity (Wildman–Crippen MR) is 78.9 cm³/mol. The fraction of sp³-hybridized carbons (Fsp3) is 0.625. The van der Waals surface area contributed by atoms with Crippen LogP contribution in [0.25, 0.3) is 0 Å². The Morgan fingerprint density at radius 2 is 2.00 bits per heavy atom. The van der Waals surface area contributed by atoms with Gasteiger partial charge in [0, 0.05) is 16.9 Å². The number of pyridine rings is 1. The number of unbranched alkanes of at least 4 members (excludes halogenated alkanes) is 1. The van der Waals surface area contributed by atoms with E-state index in [9.17, 15) is 4.79 Å². The maximum Gasteiger partial charge on any atom is 0.343 e. The van der Waals surface area contributed by atoms with Gasteiger partial charge in [-0.05, 0) is 18.8 Å². The van der Waals surface area contributed by atoms with E-state index in [2.05, 4.69) is 18.6 Å². The number of carbonyl (C=O) groups is 1. The van der Waals surface area contributed by atoms with Gasteiger partial charge in [-0.2, -0.15) is 0 Å². The first-order valence-corrected chi connectivity index (χ1v) is 7.53. The van der Waals surface area contributed by atoms with Gasteiger partial charge < -0.3 is 9.47 Å². The van der Waals surface area contributed by atoms with E-state index in [1.54, 1.807) is 29.3 Å². The highest BCUT2D eigenvalue weighted by molar-refractivity contribution is 5.70. The predicted octanol–water partition coefficient (Wildman–Crippen LogP) is 2.17. The molecule has 0 spiro atoms. The SMILES string of the molecule is CCCCC(CC)CO[n+]1ccc(OCC(=O)OC)cc1. The highest BCUT2D eigenvalue weighted by Gasteiger charge is 2.11. The van der Waals surface area contributed by atoms with Crippen LogP contribution in [-0.2, 0) is 9.53 Å². The first-order chi connectivity index (χ1) is 10.2. The van der Waals surface area contributed by atoms with Crippen LogP contribution in [0.4, 0.5) is 0 Å². The molecule has 0 bridgehead atoms. The number of ether oxygens (including phenoxy) is 2. The molecule has 1 aromatic heterocycles. The van der Waals surface area contributed by atoms with E-state index in [-0.39, 0.29) is 6.61 Å². The Morgan fingerprint density at radius 3 is 2.57 bits per heavy atom. The molecule has 1 aromatic rings. The highest BCUT2D eigenvalue weighted by atomic mass is 16.7. The molecule has 0 saturated heterocycles. The summed E-state index contributed by atoms with van der Waals surface area (Å²) in [5.74, 6) is 0.802. The first kappa shape index (κ1) is 17.3. The Morgan fingerprint density at radius 1 is 1.29 bits per heavy atom. The van der Waals surface area contributed by atoms with Gasteiger partial charge in [0.15, 0.2) is 13.2 Å². The second-order valence-electron chi connectivity index (χ2n) is 4.97. The van der Waals surface area contributed by atoms with Crippen LogP contribution in [0.2, 0.25) is 0 Å². The molecule has 0 aromatic carbocycles. The molecule has 21 heavy (non-hydrogen) atoms. The molecule has 1 rings (SSSR count). The monoisotopic (exact) mass is 296 g/mol. The van der Waals surface area contributed by atoms with Crippen molar-refractivity contribution < 1.29 is 23.8 Å². The maximum atomic E-state index is 11.0. The van der Waals surface area contributed by atoms with Gasteiger partial charge in [0.2, 0.25) is 12.4 Å². The van der Waals surface area contributed by atoms with Crippen molar-refractivity contribution in [1.29, 1.82) is 0 Å². The van der Waals surface area contributed by atoms with E-state index in [1.807, 2.05) is 0 Å². The van der Waals surface area contributed by atoms with Gasteiger partial charge in [-0.1, -0.05) is 26.7 Å². The van der Waals surface area contributed by atoms with Gasteiger partial charge >= 0.3 is 5.97 Å². The van der Waals surface area contributed by atoms with Crippen molar-refractivity contribution in [3.05, 3.63) is 24.5 Å². The maximum absolute atomic E-state index is 11.0. The van der Waals surface area contributed by atoms with Crippen LogP contribution in [0, 0.1) is 5.92 Å². The zero-order valence-corrected chi connectivity index (χ0v) is 13.2. The van der Waals surface area contributed by atoms with E-state index in [0.29, 0.717) is 18.3 Å². The lowest BCUT2D eigenvalue weighted by atomic mass is 10.0. The Hall–Kier alpha value is -1.78. The number of hydrogen-bond donors (Lipinski definition) is 0. The molecule has 1 unspecified atom stereocenters. The molecule has 0 aliphatic rings. The fourth-order valence-corrected chi connectivity index (χ4v) is 1.87. The quantitative estimate of drug-likeness (QED) is 0.490. The third-order valence-corrected chi connectivity index (χ3v) is 3.36. The number of nitrogens with zero attached hydrogens (tertiary/aromatic N) is 1. The molecular weight excluding hydrogens is 270 g/mol. The van der Waals surface area contributed by atoms with E-state index >= 15 is 0 Å². The molecule has 0 saturated carbocycles.